The fraction of sp³-hybridized carbons (Fsp3) is 0.379. The number of carboxylic acid groups (broad SMARTS) is 1. The number of nitrogens with zero attached hydrogens (tertiary/aromatic N) is 3. The molecular formula is C29H36ClN5O4. The first kappa shape index (κ1) is 29.7. The largest absolute Gasteiger partial charge is 0.465 e. The molecule has 10 heteroatoms. The smallest absolute Gasteiger partial charge is 0.404 e. The van der Waals surface area contributed by atoms with E-state index in [2.05, 4.69) is 15.6 Å². The summed E-state index contributed by atoms with van der Waals surface area (Å²) in [7, 11) is 0. The molecule has 1 aromatic heterocycles. The highest BCUT2D eigenvalue weighted by atomic mass is 35.5. The lowest BCUT2D eigenvalue weighted by Crippen LogP contribution is -2.36. The van der Waals surface area contributed by atoms with Crippen molar-refractivity contribution in [1.82, 2.24) is 10.3 Å². The molecule has 1 atom stereocenters. The molecule has 1 amide bonds. The summed E-state index contributed by atoms with van der Waals surface area (Å²) >= 11 is 6.63. The van der Waals surface area contributed by atoms with E-state index in [0.29, 0.717) is 37.2 Å². The van der Waals surface area contributed by atoms with Gasteiger partial charge in [-0.05, 0) is 36.3 Å². The minimum Gasteiger partial charge on any atom is -0.465 e. The Hall–Kier alpha value is -3.85. The zero-order valence-corrected chi connectivity index (χ0v) is 23.5. The van der Waals surface area contributed by atoms with E-state index in [1.165, 1.54) is 0 Å². The lowest BCUT2D eigenvalue weighted by molar-refractivity contribution is -0.383. The van der Waals surface area contributed by atoms with Crippen LogP contribution in [0, 0.1) is 22.5 Å². The van der Waals surface area contributed by atoms with E-state index in [-0.39, 0.29) is 34.7 Å². The van der Waals surface area contributed by atoms with Crippen LogP contribution < -0.4 is 15.5 Å². The number of halogens is 1. The van der Waals surface area contributed by atoms with Gasteiger partial charge in [-0.1, -0.05) is 93.0 Å². The number of nitrogens with one attached hydrogen (secondary N) is 2. The summed E-state index contributed by atoms with van der Waals surface area (Å²) in [5.41, 5.74) is 2.36. The Balaban J connectivity index is 2.08. The minimum atomic E-state index is -1.08. The quantitative estimate of drug-likeness (QED) is 0.0952. The number of hydrogen-bond acceptors (Lipinski definition) is 6. The maximum atomic E-state index is 12.7. The molecule has 0 radical (unpaired) electrons. The summed E-state index contributed by atoms with van der Waals surface area (Å²) < 4.78 is 0. The van der Waals surface area contributed by atoms with Gasteiger partial charge in [0, 0.05) is 31.2 Å². The van der Waals surface area contributed by atoms with Crippen LogP contribution in [-0.2, 0) is 13.1 Å². The van der Waals surface area contributed by atoms with Crippen molar-refractivity contribution >= 4 is 34.9 Å². The van der Waals surface area contributed by atoms with Gasteiger partial charge in [0.2, 0.25) is 5.82 Å². The molecule has 0 saturated carbocycles. The fourth-order valence-electron chi connectivity index (χ4n) is 4.40. The summed E-state index contributed by atoms with van der Waals surface area (Å²) in [5, 5.41) is 27.6. The molecule has 3 aromatic rings. The second-order valence-corrected chi connectivity index (χ2v) is 11.0. The topological polar surface area (TPSA) is 121 Å². The van der Waals surface area contributed by atoms with Crippen molar-refractivity contribution in [2.45, 2.75) is 59.7 Å². The highest BCUT2D eigenvalue weighted by Crippen LogP contribution is 2.42. The van der Waals surface area contributed by atoms with Gasteiger partial charge in [-0.15, -0.1) is 0 Å². The summed E-state index contributed by atoms with van der Waals surface area (Å²) in [4.78, 5) is 29.6. The Morgan fingerprint density at radius 1 is 1.08 bits per heavy atom. The lowest BCUT2D eigenvalue weighted by Gasteiger charge is -2.33. The Morgan fingerprint density at radius 2 is 1.62 bits per heavy atom. The summed E-state index contributed by atoms with van der Waals surface area (Å²) in [6.07, 6.45) is 0.0746. The molecule has 39 heavy (non-hydrogen) atoms. The Bertz CT molecular complexity index is 1220. The molecule has 3 N–H and O–H groups in total. The number of pyridine rings is 1. The second kappa shape index (κ2) is 13.3. The number of anilines is 2. The highest BCUT2D eigenvalue weighted by Gasteiger charge is 2.33. The third-order valence-electron chi connectivity index (χ3n) is 6.56. The molecule has 0 spiro atoms. The van der Waals surface area contributed by atoms with Crippen LogP contribution in [0.25, 0.3) is 0 Å². The number of aromatic nitrogens is 1. The maximum absolute atomic E-state index is 12.7. The molecule has 0 aliphatic carbocycles. The molecule has 208 valence electrons. The van der Waals surface area contributed by atoms with Crippen LogP contribution in [0.4, 0.5) is 22.0 Å². The van der Waals surface area contributed by atoms with Crippen LogP contribution in [0.1, 0.15) is 50.3 Å². The average molecular weight is 554 g/mol. The molecule has 2 aromatic carbocycles. The first-order valence-electron chi connectivity index (χ1n) is 12.9. The van der Waals surface area contributed by atoms with E-state index in [0.717, 1.165) is 11.1 Å². The number of carbonyl (C=O) groups is 1. The van der Waals surface area contributed by atoms with Gasteiger partial charge in [-0.2, -0.15) is 0 Å². The number of hydrogen-bond donors (Lipinski definition) is 3. The van der Waals surface area contributed by atoms with Gasteiger partial charge in [-0.25, -0.2) is 9.78 Å². The SMILES string of the molecule is Cc1c(Cl)nc(N(Cc2ccccc2)Cc2ccccc2)c([N+](=O)[O-])c1NC(CCCNC(=O)O)C(C)(C)C. The average Bonchev–Trinajstić information content (AvgIpc) is 2.88. The highest BCUT2D eigenvalue weighted by molar-refractivity contribution is 6.31. The van der Waals surface area contributed by atoms with Crippen molar-refractivity contribution in [2.24, 2.45) is 5.41 Å². The molecule has 3 rings (SSSR count). The number of benzene rings is 2. The summed E-state index contributed by atoms with van der Waals surface area (Å²) in [6.45, 7) is 8.91. The standard InChI is InChI=1S/C29H36ClN5O4/c1-20-24(32-23(29(2,3)4)16-11-17-31-28(36)37)25(35(38)39)27(33-26(20)30)34(18-21-12-7-5-8-13-21)19-22-14-9-6-10-15-22/h5-10,12-15,23,31H,11,16-19H2,1-4H3,(H,32,33)(H,36,37). The van der Waals surface area contributed by atoms with Crippen molar-refractivity contribution < 1.29 is 14.8 Å². The Kier molecular flexibility index (Phi) is 10.1. The maximum Gasteiger partial charge on any atom is 0.404 e. The van der Waals surface area contributed by atoms with Crippen molar-refractivity contribution in [2.75, 3.05) is 16.8 Å². The van der Waals surface area contributed by atoms with Gasteiger partial charge in [0.05, 0.1) is 4.92 Å². The normalized spacial score (nSPS) is 12.0. The van der Waals surface area contributed by atoms with Gasteiger partial charge in [-0.3, -0.25) is 10.1 Å². The van der Waals surface area contributed by atoms with E-state index in [1.807, 2.05) is 86.3 Å². The number of rotatable bonds is 12. The van der Waals surface area contributed by atoms with Gasteiger partial charge in [0.25, 0.3) is 0 Å². The number of nitro groups is 1. The molecule has 0 aliphatic rings. The van der Waals surface area contributed by atoms with Crippen LogP contribution in [0.3, 0.4) is 0 Å². The predicted octanol–water partition coefficient (Wildman–Crippen LogP) is 7.03. The van der Waals surface area contributed by atoms with Crippen molar-refractivity contribution in [3.8, 4) is 0 Å². The van der Waals surface area contributed by atoms with Gasteiger partial charge >= 0.3 is 11.8 Å². The van der Waals surface area contributed by atoms with E-state index in [9.17, 15) is 14.9 Å². The van der Waals surface area contributed by atoms with Crippen molar-refractivity contribution in [1.29, 1.82) is 0 Å². The monoisotopic (exact) mass is 553 g/mol. The molecule has 9 nitrogen and oxygen atoms in total. The minimum absolute atomic E-state index is 0.137. The van der Waals surface area contributed by atoms with Crippen molar-refractivity contribution in [3.05, 3.63) is 92.6 Å². The molecular weight excluding hydrogens is 518 g/mol. The van der Waals surface area contributed by atoms with E-state index >= 15 is 0 Å². The molecule has 0 fully saturated rings. The Labute approximate surface area is 234 Å². The van der Waals surface area contributed by atoms with Gasteiger partial charge < -0.3 is 20.6 Å². The van der Waals surface area contributed by atoms with Crippen LogP contribution in [0.2, 0.25) is 5.15 Å². The predicted molar refractivity (Wildman–Crippen MR) is 156 cm³/mol. The first-order chi connectivity index (χ1) is 18.5. The second-order valence-electron chi connectivity index (χ2n) is 10.6. The van der Waals surface area contributed by atoms with Gasteiger partial charge in [0.1, 0.15) is 10.8 Å². The fourth-order valence-corrected chi connectivity index (χ4v) is 4.58. The summed E-state index contributed by atoms with van der Waals surface area (Å²) in [5.74, 6) is 0.186. The van der Waals surface area contributed by atoms with Crippen LogP contribution >= 0.6 is 11.6 Å². The third kappa shape index (κ3) is 8.32. The molecule has 0 bridgehead atoms. The number of amides is 1. The Morgan fingerprint density at radius 3 is 2.08 bits per heavy atom. The molecule has 1 heterocycles. The summed E-state index contributed by atoms with van der Waals surface area (Å²) in [6, 6.07) is 19.3. The zero-order chi connectivity index (χ0) is 28.6. The third-order valence-corrected chi connectivity index (χ3v) is 6.93. The lowest BCUT2D eigenvalue weighted by atomic mass is 9.83. The van der Waals surface area contributed by atoms with Crippen molar-refractivity contribution in [3.63, 3.8) is 0 Å². The van der Waals surface area contributed by atoms with Crippen LogP contribution in [-0.4, -0.2) is 33.7 Å². The first-order valence-corrected chi connectivity index (χ1v) is 13.3. The van der Waals surface area contributed by atoms with Crippen LogP contribution in [0.5, 0.6) is 0 Å². The van der Waals surface area contributed by atoms with E-state index in [1.54, 1.807) is 6.92 Å². The zero-order valence-electron chi connectivity index (χ0n) is 22.8. The molecule has 0 saturated heterocycles. The molecule has 1 unspecified atom stereocenters. The van der Waals surface area contributed by atoms with E-state index in [4.69, 9.17) is 16.7 Å². The van der Waals surface area contributed by atoms with Crippen LogP contribution in [0.15, 0.2) is 60.7 Å². The van der Waals surface area contributed by atoms with E-state index < -0.39 is 11.0 Å². The molecule has 0 aliphatic heterocycles. The van der Waals surface area contributed by atoms with Gasteiger partial charge in [0.15, 0.2) is 0 Å².